The highest BCUT2D eigenvalue weighted by Gasteiger charge is 2.30. The largest absolute Gasteiger partial charge is 0.497 e. The van der Waals surface area contributed by atoms with Gasteiger partial charge in [0.15, 0.2) is 0 Å². The summed E-state index contributed by atoms with van der Waals surface area (Å²) < 4.78 is 4.32. The van der Waals surface area contributed by atoms with Crippen LogP contribution in [-0.4, -0.2) is 13.4 Å². The zero-order valence-corrected chi connectivity index (χ0v) is 14.9. The van der Waals surface area contributed by atoms with Gasteiger partial charge in [0, 0.05) is 0 Å². The van der Waals surface area contributed by atoms with Crippen LogP contribution in [0.15, 0.2) is 78.9 Å². The second kappa shape index (κ2) is 7.02. The Balaban J connectivity index is 1.96. The van der Waals surface area contributed by atoms with Crippen molar-refractivity contribution in [2.24, 2.45) is 0 Å². The van der Waals surface area contributed by atoms with Crippen molar-refractivity contribution >= 4 is 22.2 Å². The van der Waals surface area contributed by atoms with Crippen molar-refractivity contribution in [3.8, 4) is 16.9 Å². The number of alkyl halides is 1. The second-order valence-electron chi connectivity index (χ2n) is 5.50. The van der Waals surface area contributed by atoms with E-state index < -0.39 is 4.32 Å². The van der Waals surface area contributed by atoms with E-state index in [4.69, 9.17) is 4.74 Å². The number of carbonyl (C=O) groups excluding carboxylic acids is 1. The molecule has 0 saturated carbocycles. The molecule has 0 amide bonds. The van der Waals surface area contributed by atoms with E-state index in [2.05, 4.69) is 28.1 Å². The van der Waals surface area contributed by atoms with Crippen molar-refractivity contribution in [3.05, 3.63) is 90.0 Å². The fourth-order valence-electron chi connectivity index (χ4n) is 2.67. The predicted octanol–water partition coefficient (Wildman–Crippen LogP) is 5.20. The predicted molar refractivity (Wildman–Crippen MR) is 101 cm³/mol. The molecule has 2 nitrogen and oxygen atoms in total. The zero-order valence-electron chi connectivity index (χ0n) is 13.3. The molecule has 0 spiro atoms. The average molecular weight is 381 g/mol. The molecule has 0 N–H and O–H groups in total. The molecule has 0 saturated heterocycles. The summed E-state index contributed by atoms with van der Waals surface area (Å²) in [5.74, 6) is 0.763. The van der Waals surface area contributed by atoms with Crippen molar-refractivity contribution in [2.75, 3.05) is 7.11 Å². The van der Waals surface area contributed by atoms with Crippen LogP contribution in [-0.2, 0) is 9.12 Å². The van der Waals surface area contributed by atoms with Gasteiger partial charge in [-0.15, -0.1) is 0 Å². The molecular weight excluding hydrogens is 364 g/mol. The fraction of sp³-hybridized carbons (Fsp3) is 0.0952. The quantitative estimate of drug-likeness (QED) is 0.449. The maximum atomic E-state index is 11.9. The molecule has 0 aromatic heterocycles. The molecule has 0 aliphatic heterocycles. The summed E-state index contributed by atoms with van der Waals surface area (Å²) in [5.41, 5.74) is 4.03. The van der Waals surface area contributed by atoms with E-state index in [1.54, 1.807) is 7.11 Å². The van der Waals surface area contributed by atoms with Crippen LogP contribution in [0, 0.1) is 0 Å². The molecule has 0 heterocycles. The molecule has 3 heteroatoms. The van der Waals surface area contributed by atoms with Crippen LogP contribution in [0.25, 0.3) is 11.1 Å². The molecule has 3 rings (SSSR count). The number of halogens is 1. The van der Waals surface area contributed by atoms with Gasteiger partial charge in [0.2, 0.25) is 0 Å². The van der Waals surface area contributed by atoms with Gasteiger partial charge >= 0.3 is 0 Å². The minimum Gasteiger partial charge on any atom is -0.497 e. The summed E-state index contributed by atoms with van der Waals surface area (Å²) in [4.78, 5) is 11.9. The molecule has 1 unspecified atom stereocenters. The highest BCUT2D eigenvalue weighted by molar-refractivity contribution is 9.10. The van der Waals surface area contributed by atoms with Gasteiger partial charge in [0.05, 0.1) is 7.11 Å². The number of hydrogen-bond acceptors (Lipinski definition) is 2. The number of methoxy groups -OCH3 is 1. The zero-order chi connectivity index (χ0) is 17.0. The van der Waals surface area contributed by atoms with Crippen molar-refractivity contribution in [2.45, 2.75) is 4.32 Å². The van der Waals surface area contributed by atoms with Crippen LogP contribution in [0.5, 0.6) is 5.75 Å². The lowest BCUT2D eigenvalue weighted by molar-refractivity contribution is -0.109. The minimum absolute atomic E-state index is 0.763. The number of benzene rings is 3. The molecule has 0 fully saturated rings. The number of carbonyl (C=O) groups is 1. The number of ether oxygens (including phenoxy) is 1. The van der Waals surface area contributed by atoms with E-state index in [1.165, 1.54) is 0 Å². The van der Waals surface area contributed by atoms with Gasteiger partial charge in [-0.1, -0.05) is 82.7 Å². The summed E-state index contributed by atoms with van der Waals surface area (Å²) in [7, 11) is 1.62. The molecule has 3 aromatic rings. The summed E-state index contributed by atoms with van der Waals surface area (Å²) in [5, 5.41) is 0. The molecule has 0 aliphatic rings. The van der Waals surface area contributed by atoms with E-state index in [0.717, 1.165) is 34.3 Å². The minimum atomic E-state index is -0.867. The second-order valence-corrected chi connectivity index (χ2v) is 6.75. The normalized spacial score (nSPS) is 13.1. The monoisotopic (exact) mass is 380 g/mol. The van der Waals surface area contributed by atoms with Crippen LogP contribution < -0.4 is 4.74 Å². The smallest absolute Gasteiger partial charge is 0.145 e. The number of aldehydes is 1. The topological polar surface area (TPSA) is 26.3 Å². The van der Waals surface area contributed by atoms with Crippen molar-refractivity contribution < 1.29 is 9.53 Å². The molecular formula is C21H17BrO2. The van der Waals surface area contributed by atoms with Gasteiger partial charge in [-0.25, -0.2) is 0 Å². The van der Waals surface area contributed by atoms with Crippen LogP contribution in [0.3, 0.4) is 0 Å². The third-order valence-corrected chi connectivity index (χ3v) is 5.19. The van der Waals surface area contributed by atoms with Crippen LogP contribution >= 0.6 is 15.9 Å². The first-order valence-electron chi connectivity index (χ1n) is 7.63. The summed E-state index contributed by atoms with van der Waals surface area (Å²) in [6, 6.07) is 25.7. The van der Waals surface area contributed by atoms with E-state index >= 15 is 0 Å². The summed E-state index contributed by atoms with van der Waals surface area (Å²) in [6.07, 6.45) is 0.923. The Bertz CT molecular complexity index is 811. The lowest BCUT2D eigenvalue weighted by Gasteiger charge is -2.23. The van der Waals surface area contributed by atoms with Crippen molar-refractivity contribution in [3.63, 3.8) is 0 Å². The fourth-order valence-corrected chi connectivity index (χ4v) is 3.20. The molecule has 0 aliphatic carbocycles. The Morgan fingerprint density at radius 1 is 0.792 bits per heavy atom. The summed E-state index contributed by atoms with van der Waals surface area (Å²) in [6.45, 7) is 0. The first kappa shape index (κ1) is 16.5. The van der Waals surface area contributed by atoms with Gasteiger partial charge in [-0.3, -0.25) is 0 Å². The van der Waals surface area contributed by atoms with E-state index in [0.29, 0.717) is 0 Å². The highest BCUT2D eigenvalue weighted by Crippen LogP contribution is 2.38. The van der Waals surface area contributed by atoms with E-state index in [-0.39, 0.29) is 0 Å². The first-order valence-corrected chi connectivity index (χ1v) is 8.42. The summed E-state index contributed by atoms with van der Waals surface area (Å²) >= 11 is 3.62. The number of rotatable bonds is 5. The molecule has 3 aromatic carbocycles. The molecule has 1 atom stereocenters. The van der Waals surface area contributed by atoms with E-state index in [1.807, 2.05) is 66.7 Å². The third kappa shape index (κ3) is 3.13. The maximum Gasteiger partial charge on any atom is 0.145 e. The highest BCUT2D eigenvalue weighted by atomic mass is 79.9. The van der Waals surface area contributed by atoms with Gasteiger partial charge in [-0.05, 0) is 34.4 Å². The molecule has 120 valence electrons. The maximum absolute atomic E-state index is 11.9. The Kier molecular flexibility index (Phi) is 4.81. The third-order valence-electron chi connectivity index (χ3n) is 4.08. The Hall–Kier alpha value is -2.39. The van der Waals surface area contributed by atoms with E-state index in [9.17, 15) is 4.79 Å². The number of hydrogen-bond donors (Lipinski definition) is 0. The molecule has 0 radical (unpaired) electrons. The van der Waals surface area contributed by atoms with Crippen LogP contribution in [0.1, 0.15) is 11.1 Å². The lowest BCUT2D eigenvalue weighted by atomic mass is 9.91. The van der Waals surface area contributed by atoms with Crippen molar-refractivity contribution in [1.82, 2.24) is 0 Å². The first-order chi connectivity index (χ1) is 11.7. The lowest BCUT2D eigenvalue weighted by Crippen LogP contribution is -2.21. The Morgan fingerprint density at radius 2 is 1.29 bits per heavy atom. The van der Waals surface area contributed by atoms with Gasteiger partial charge in [-0.2, -0.15) is 0 Å². The van der Waals surface area contributed by atoms with Gasteiger partial charge in [0.25, 0.3) is 0 Å². The molecule has 24 heavy (non-hydrogen) atoms. The standard InChI is InChI=1S/C21H17BrO2/c1-24-20-13-11-19(12-14-20)21(22,15-23)18-9-7-17(8-10-18)16-5-3-2-4-6-16/h2-15H,1H3. The van der Waals surface area contributed by atoms with Gasteiger partial charge < -0.3 is 9.53 Å². The Morgan fingerprint density at radius 3 is 1.79 bits per heavy atom. The van der Waals surface area contributed by atoms with Gasteiger partial charge in [0.1, 0.15) is 16.4 Å². The SMILES string of the molecule is COc1ccc(C(Br)(C=O)c2ccc(-c3ccccc3)cc2)cc1. The van der Waals surface area contributed by atoms with Crippen molar-refractivity contribution in [1.29, 1.82) is 0 Å². The average Bonchev–Trinajstić information content (AvgIpc) is 2.68. The van der Waals surface area contributed by atoms with Crippen LogP contribution in [0.4, 0.5) is 0 Å². The molecule has 0 bridgehead atoms. The van der Waals surface area contributed by atoms with Crippen LogP contribution in [0.2, 0.25) is 0 Å². The Labute approximate surface area is 150 Å².